The maximum absolute atomic E-state index is 12.9. The summed E-state index contributed by atoms with van der Waals surface area (Å²) in [5, 5.41) is 2.76. The van der Waals surface area contributed by atoms with Crippen LogP contribution >= 0.6 is 15.9 Å². The first kappa shape index (κ1) is 23.5. The van der Waals surface area contributed by atoms with Gasteiger partial charge in [0.2, 0.25) is 5.75 Å². The molecular weight excluding hydrogens is 458 g/mol. The molecule has 1 N–H and O–H groups in total. The molecule has 8 nitrogen and oxygen atoms in total. The summed E-state index contributed by atoms with van der Waals surface area (Å²) in [5.41, 5.74) is 1.02. The van der Waals surface area contributed by atoms with Crippen LogP contribution in [0.25, 0.3) is 0 Å². The molecule has 0 unspecified atom stereocenters. The Hall–Kier alpha value is -2.78. The summed E-state index contributed by atoms with van der Waals surface area (Å²) in [6, 6.07) is 7.99. The standard InChI is InChI=1S/C21H24BrNO7/c1-5-29-9-10-30-21(25)13-7-6-8-14(11-13)23-20(24)15-12-16(26-2)18(27-3)19(28-4)17(15)22/h6-8,11-12H,5,9-10H2,1-4H3,(H,23,24). The number of carbonyl (C=O) groups excluding carboxylic acids is 2. The highest BCUT2D eigenvalue weighted by Gasteiger charge is 2.23. The van der Waals surface area contributed by atoms with Gasteiger partial charge in [0.25, 0.3) is 5.91 Å². The van der Waals surface area contributed by atoms with Gasteiger partial charge >= 0.3 is 5.97 Å². The van der Waals surface area contributed by atoms with Crippen molar-refractivity contribution in [3.05, 3.63) is 45.9 Å². The van der Waals surface area contributed by atoms with Gasteiger partial charge in [0, 0.05) is 12.3 Å². The monoisotopic (exact) mass is 481 g/mol. The fraction of sp³-hybridized carbons (Fsp3) is 0.333. The molecule has 0 aliphatic carbocycles. The van der Waals surface area contributed by atoms with Crippen LogP contribution in [0.2, 0.25) is 0 Å². The average molecular weight is 482 g/mol. The molecule has 2 aromatic rings. The zero-order valence-electron chi connectivity index (χ0n) is 17.2. The molecular formula is C21H24BrNO7. The van der Waals surface area contributed by atoms with E-state index in [1.54, 1.807) is 18.2 Å². The van der Waals surface area contributed by atoms with Crippen LogP contribution in [0.5, 0.6) is 17.2 Å². The van der Waals surface area contributed by atoms with Crippen LogP contribution in [0.15, 0.2) is 34.8 Å². The Balaban J connectivity index is 2.21. The van der Waals surface area contributed by atoms with Crippen molar-refractivity contribution >= 4 is 33.5 Å². The summed E-state index contributed by atoms with van der Waals surface area (Å²) in [6.07, 6.45) is 0. The number of benzene rings is 2. The minimum atomic E-state index is -0.500. The molecule has 9 heteroatoms. The van der Waals surface area contributed by atoms with Gasteiger partial charge in [0.05, 0.1) is 43.5 Å². The predicted molar refractivity (Wildman–Crippen MR) is 115 cm³/mol. The van der Waals surface area contributed by atoms with Gasteiger partial charge in [-0.05, 0) is 47.1 Å². The van der Waals surface area contributed by atoms with Crippen LogP contribution < -0.4 is 19.5 Å². The van der Waals surface area contributed by atoms with E-state index < -0.39 is 11.9 Å². The first-order chi connectivity index (χ1) is 14.5. The average Bonchev–Trinajstić information content (AvgIpc) is 2.76. The summed E-state index contributed by atoms with van der Waals surface area (Å²) in [6.45, 7) is 2.89. The highest BCUT2D eigenvalue weighted by atomic mass is 79.9. The van der Waals surface area contributed by atoms with E-state index in [0.29, 0.717) is 46.2 Å². The molecule has 2 rings (SSSR count). The topological polar surface area (TPSA) is 92.3 Å². The van der Waals surface area contributed by atoms with E-state index in [2.05, 4.69) is 21.2 Å². The zero-order chi connectivity index (χ0) is 22.1. The molecule has 30 heavy (non-hydrogen) atoms. The highest BCUT2D eigenvalue weighted by Crippen LogP contribution is 2.44. The first-order valence-electron chi connectivity index (χ1n) is 9.11. The van der Waals surface area contributed by atoms with Crippen molar-refractivity contribution in [1.29, 1.82) is 0 Å². The Bertz CT molecular complexity index is 901. The summed E-state index contributed by atoms with van der Waals surface area (Å²) >= 11 is 3.38. The molecule has 0 atom stereocenters. The van der Waals surface area contributed by atoms with Gasteiger partial charge in [0.15, 0.2) is 11.5 Å². The van der Waals surface area contributed by atoms with E-state index in [-0.39, 0.29) is 12.2 Å². The van der Waals surface area contributed by atoms with E-state index in [9.17, 15) is 9.59 Å². The van der Waals surface area contributed by atoms with Crippen LogP contribution in [0.1, 0.15) is 27.6 Å². The lowest BCUT2D eigenvalue weighted by atomic mass is 10.1. The number of hydrogen-bond donors (Lipinski definition) is 1. The van der Waals surface area contributed by atoms with Crippen molar-refractivity contribution in [2.24, 2.45) is 0 Å². The summed E-state index contributed by atoms with van der Waals surface area (Å²) in [4.78, 5) is 25.0. The molecule has 0 spiro atoms. The smallest absolute Gasteiger partial charge is 0.338 e. The maximum Gasteiger partial charge on any atom is 0.338 e. The van der Waals surface area contributed by atoms with Crippen molar-refractivity contribution in [2.75, 3.05) is 46.5 Å². The second-order valence-electron chi connectivity index (χ2n) is 5.87. The molecule has 162 valence electrons. The second-order valence-corrected chi connectivity index (χ2v) is 6.67. The third-order valence-electron chi connectivity index (χ3n) is 4.04. The van der Waals surface area contributed by atoms with Crippen LogP contribution in [0.4, 0.5) is 5.69 Å². The number of anilines is 1. The Morgan fingerprint density at radius 1 is 1.00 bits per heavy atom. The fourth-order valence-corrected chi connectivity index (χ4v) is 3.27. The Kier molecular flexibility index (Phi) is 8.94. The molecule has 0 aliphatic heterocycles. The van der Waals surface area contributed by atoms with E-state index in [0.717, 1.165) is 0 Å². The number of rotatable bonds is 10. The predicted octanol–water partition coefficient (Wildman–Crippen LogP) is 3.92. The van der Waals surface area contributed by atoms with Gasteiger partial charge in [-0.2, -0.15) is 0 Å². The number of amides is 1. The number of methoxy groups -OCH3 is 3. The lowest BCUT2D eigenvalue weighted by molar-refractivity contribution is 0.0335. The van der Waals surface area contributed by atoms with Crippen LogP contribution in [-0.2, 0) is 9.47 Å². The van der Waals surface area contributed by atoms with Crippen molar-refractivity contribution in [3.63, 3.8) is 0 Å². The second kappa shape index (κ2) is 11.4. The van der Waals surface area contributed by atoms with Gasteiger partial charge in [-0.3, -0.25) is 4.79 Å². The lowest BCUT2D eigenvalue weighted by Crippen LogP contribution is -2.15. The number of nitrogens with one attached hydrogen (secondary N) is 1. The summed E-state index contributed by atoms with van der Waals surface area (Å²) < 4.78 is 26.7. The number of hydrogen-bond acceptors (Lipinski definition) is 7. The van der Waals surface area contributed by atoms with Crippen LogP contribution in [-0.4, -0.2) is 53.0 Å². The third kappa shape index (κ3) is 5.64. The van der Waals surface area contributed by atoms with Gasteiger partial charge in [0.1, 0.15) is 6.61 Å². The van der Waals surface area contributed by atoms with Crippen molar-refractivity contribution < 1.29 is 33.3 Å². The molecule has 1 amide bonds. The zero-order valence-corrected chi connectivity index (χ0v) is 18.8. The molecule has 0 aromatic heterocycles. The van der Waals surface area contributed by atoms with Gasteiger partial charge in [-0.15, -0.1) is 0 Å². The van der Waals surface area contributed by atoms with E-state index in [1.807, 2.05) is 6.92 Å². The van der Waals surface area contributed by atoms with Gasteiger partial charge < -0.3 is 29.0 Å². The number of carbonyl (C=O) groups is 2. The van der Waals surface area contributed by atoms with Gasteiger partial charge in [-0.1, -0.05) is 6.07 Å². The molecule has 0 aliphatic rings. The largest absolute Gasteiger partial charge is 0.493 e. The fourth-order valence-electron chi connectivity index (χ4n) is 2.63. The Morgan fingerprint density at radius 2 is 1.73 bits per heavy atom. The maximum atomic E-state index is 12.9. The number of esters is 1. The number of halogens is 1. The first-order valence-corrected chi connectivity index (χ1v) is 9.90. The van der Waals surface area contributed by atoms with Gasteiger partial charge in [-0.25, -0.2) is 4.79 Å². The molecule has 0 fully saturated rings. The minimum absolute atomic E-state index is 0.154. The van der Waals surface area contributed by atoms with E-state index in [4.69, 9.17) is 23.7 Å². The minimum Gasteiger partial charge on any atom is -0.493 e. The normalized spacial score (nSPS) is 10.3. The third-order valence-corrected chi connectivity index (χ3v) is 4.82. The van der Waals surface area contributed by atoms with Crippen LogP contribution in [0, 0.1) is 0 Å². The Morgan fingerprint density at radius 3 is 2.37 bits per heavy atom. The molecule has 0 saturated heterocycles. The van der Waals surface area contributed by atoms with Crippen molar-refractivity contribution in [2.45, 2.75) is 6.92 Å². The van der Waals surface area contributed by atoms with Crippen LogP contribution in [0.3, 0.4) is 0 Å². The molecule has 0 saturated carbocycles. The lowest BCUT2D eigenvalue weighted by Gasteiger charge is -2.16. The SMILES string of the molecule is CCOCCOC(=O)c1cccc(NC(=O)c2cc(OC)c(OC)c(OC)c2Br)c1. The van der Waals surface area contributed by atoms with E-state index in [1.165, 1.54) is 33.5 Å². The molecule has 0 heterocycles. The highest BCUT2D eigenvalue weighted by molar-refractivity contribution is 9.10. The van der Waals surface area contributed by atoms with Crippen molar-refractivity contribution in [1.82, 2.24) is 0 Å². The summed E-state index contributed by atoms with van der Waals surface area (Å²) in [7, 11) is 4.41. The quantitative estimate of drug-likeness (QED) is 0.406. The molecule has 0 bridgehead atoms. The Labute approximate surface area is 183 Å². The molecule has 2 aromatic carbocycles. The molecule has 0 radical (unpaired) electrons. The summed E-state index contributed by atoms with van der Waals surface area (Å²) in [5.74, 6) is 0.103. The number of ether oxygens (including phenoxy) is 5. The van der Waals surface area contributed by atoms with E-state index >= 15 is 0 Å². The van der Waals surface area contributed by atoms with Crippen molar-refractivity contribution in [3.8, 4) is 17.2 Å².